The Morgan fingerprint density at radius 3 is 2.67 bits per heavy atom. The third-order valence-corrected chi connectivity index (χ3v) is 3.30. The fourth-order valence-electron chi connectivity index (χ4n) is 1.43. The number of rotatable bonds is 2. The van der Waals surface area contributed by atoms with Crippen molar-refractivity contribution in [3.63, 3.8) is 0 Å². The van der Waals surface area contributed by atoms with Crippen molar-refractivity contribution < 1.29 is 0 Å². The highest BCUT2D eigenvalue weighted by molar-refractivity contribution is 7.18. The average Bonchev–Trinajstić information content (AvgIpc) is 2.59. The molecule has 0 spiro atoms. The van der Waals surface area contributed by atoms with E-state index in [1.54, 1.807) is 11.3 Å². The van der Waals surface area contributed by atoms with Gasteiger partial charge >= 0.3 is 0 Å². The first-order valence-electron chi connectivity index (χ1n) is 4.74. The van der Waals surface area contributed by atoms with Crippen LogP contribution in [0.1, 0.15) is 5.56 Å². The zero-order valence-electron chi connectivity index (χ0n) is 9.33. The van der Waals surface area contributed by atoms with Crippen LogP contribution in [0, 0.1) is 6.92 Å². The summed E-state index contributed by atoms with van der Waals surface area (Å²) >= 11 is 1.69. The topological polar surface area (TPSA) is 41.1 Å². The minimum Gasteiger partial charge on any atom is -0.361 e. The van der Waals surface area contributed by atoms with Crippen LogP contribution in [-0.4, -0.2) is 31.1 Å². The summed E-state index contributed by atoms with van der Waals surface area (Å²) in [6.07, 6.45) is 0. The molecule has 1 N–H and O–H groups in total. The Morgan fingerprint density at radius 1 is 1.33 bits per heavy atom. The Hall–Kier alpha value is -1.36. The van der Waals surface area contributed by atoms with Gasteiger partial charge in [-0.05, 0) is 17.9 Å². The van der Waals surface area contributed by atoms with Gasteiger partial charge in [0.05, 0.1) is 10.2 Å². The van der Waals surface area contributed by atoms with Gasteiger partial charge in [0.1, 0.15) is 0 Å². The number of thiophene rings is 1. The van der Waals surface area contributed by atoms with Gasteiger partial charge in [-0.15, -0.1) is 11.3 Å². The highest BCUT2D eigenvalue weighted by Crippen LogP contribution is 2.31. The lowest BCUT2D eigenvalue weighted by molar-refractivity contribution is 1.06. The van der Waals surface area contributed by atoms with Crippen molar-refractivity contribution in [2.75, 3.05) is 31.4 Å². The molecule has 0 saturated heterocycles. The molecule has 0 radical (unpaired) electrons. The lowest BCUT2D eigenvalue weighted by Crippen LogP contribution is -2.12. The molecule has 80 valence electrons. The van der Waals surface area contributed by atoms with Crippen LogP contribution in [0.5, 0.6) is 0 Å². The summed E-state index contributed by atoms with van der Waals surface area (Å²) in [5, 5.41) is 5.10. The van der Waals surface area contributed by atoms with E-state index in [9.17, 15) is 0 Å². The van der Waals surface area contributed by atoms with E-state index >= 15 is 0 Å². The molecule has 15 heavy (non-hydrogen) atoms. The highest BCUT2D eigenvalue weighted by Gasteiger charge is 2.11. The average molecular weight is 222 g/mol. The van der Waals surface area contributed by atoms with Gasteiger partial charge in [-0.2, -0.15) is 4.98 Å². The molecule has 2 rings (SSSR count). The van der Waals surface area contributed by atoms with Crippen LogP contribution in [0.4, 0.5) is 11.8 Å². The van der Waals surface area contributed by atoms with Gasteiger partial charge in [0.25, 0.3) is 0 Å². The monoisotopic (exact) mass is 222 g/mol. The molecule has 4 nitrogen and oxygen atoms in total. The number of anilines is 2. The predicted octanol–water partition coefficient (Wildman–Crippen LogP) is 2.11. The molecule has 2 aromatic heterocycles. The Balaban J connectivity index is 2.76. The second-order valence-corrected chi connectivity index (χ2v) is 4.49. The van der Waals surface area contributed by atoms with Crippen molar-refractivity contribution in [1.29, 1.82) is 0 Å². The van der Waals surface area contributed by atoms with E-state index in [1.165, 1.54) is 5.56 Å². The molecule has 0 aliphatic carbocycles. The Labute approximate surface area is 93.0 Å². The van der Waals surface area contributed by atoms with Crippen LogP contribution in [0.2, 0.25) is 0 Å². The summed E-state index contributed by atoms with van der Waals surface area (Å²) in [6, 6.07) is 0. The molecule has 0 fully saturated rings. The molecule has 0 atom stereocenters. The van der Waals surface area contributed by atoms with Gasteiger partial charge in [0.15, 0.2) is 5.82 Å². The highest BCUT2D eigenvalue weighted by atomic mass is 32.1. The van der Waals surface area contributed by atoms with Gasteiger partial charge in [-0.1, -0.05) is 0 Å². The third-order valence-electron chi connectivity index (χ3n) is 2.22. The van der Waals surface area contributed by atoms with Crippen molar-refractivity contribution in [3.05, 3.63) is 10.9 Å². The molecule has 0 amide bonds. The molecule has 2 aromatic rings. The fraction of sp³-hybridized carbons (Fsp3) is 0.400. The van der Waals surface area contributed by atoms with Crippen LogP contribution in [0.25, 0.3) is 10.2 Å². The second-order valence-electron chi connectivity index (χ2n) is 3.61. The predicted molar refractivity (Wildman–Crippen MR) is 66.0 cm³/mol. The molecule has 0 aliphatic rings. The first-order chi connectivity index (χ1) is 7.13. The van der Waals surface area contributed by atoms with Crippen molar-refractivity contribution in [3.8, 4) is 0 Å². The second kappa shape index (κ2) is 3.66. The van der Waals surface area contributed by atoms with Gasteiger partial charge in [0, 0.05) is 21.1 Å². The Bertz CT molecular complexity index is 489. The maximum absolute atomic E-state index is 4.46. The van der Waals surface area contributed by atoms with Crippen molar-refractivity contribution in [2.24, 2.45) is 0 Å². The molecular formula is C10H14N4S. The number of hydrogen-bond donors (Lipinski definition) is 1. The SMILES string of the molecule is CNc1nc(N(C)C)c2scc(C)c2n1. The van der Waals surface area contributed by atoms with E-state index in [4.69, 9.17) is 0 Å². The molecule has 0 unspecified atom stereocenters. The summed E-state index contributed by atoms with van der Waals surface area (Å²) in [4.78, 5) is 10.9. The molecule has 2 heterocycles. The standard InChI is InChI=1S/C10H14N4S/c1-6-5-15-8-7(6)12-10(11-2)13-9(8)14(3)4/h5H,1-4H3,(H,11,12,13). The Kier molecular flexibility index (Phi) is 2.48. The molecule has 0 bridgehead atoms. The van der Waals surface area contributed by atoms with E-state index in [0.29, 0.717) is 5.95 Å². The number of nitrogens with zero attached hydrogens (tertiary/aromatic N) is 3. The quantitative estimate of drug-likeness (QED) is 0.845. The first-order valence-corrected chi connectivity index (χ1v) is 5.62. The number of fused-ring (bicyclic) bond motifs is 1. The van der Waals surface area contributed by atoms with Crippen LogP contribution >= 0.6 is 11.3 Å². The Morgan fingerprint density at radius 2 is 2.07 bits per heavy atom. The third kappa shape index (κ3) is 1.63. The normalized spacial score (nSPS) is 10.7. The minimum absolute atomic E-state index is 0.674. The summed E-state index contributed by atoms with van der Waals surface area (Å²) < 4.78 is 1.15. The summed E-state index contributed by atoms with van der Waals surface area (Å²) in [7, 11) is 5.83. The smallest absolute Gasteiger partial charge is 0.225 e. The summed E-state index contributed by atoms with van der Waals surface area (Å²) in [5.41, 5.74) is 2.25. The van der Waals surface area contributed by atoms with Crippen molar-refractivity contribution in [1.82, 2.24) is 9.97 Å². The molecular weight excluding hydrogens is 208 g/mol. The van der Waals surface area contributed by atoms with E-state index in [0.717, 1.165) is 16.0 Å². The lowest BCUT2D eigenvalue weighted by Gasteiger charge is -2.13. The zero-order chi connectivity index (χ0) is 11.0. The maximum atomic E-state index is 4.46. The van der Waals surface area contributed by atoms with Crippen LogP contribution < -0.4 is 10.2 Å². The fourth-order valence-corrected chi connectivity index (χ4v) is 2.49. The van der Waals surface area contributed by atoms with Crippen LogP contribution in [-0.2, 0) is 0 Å². The molecule has 0 aliphatic heterocycles. The number of aromatic nitrogens is 2. The lowest BCUT2D eigenvalue weighted by atomic mass is 10.3. The van der Waals surface area contributed by atoms with E-state index in [2.05, 4.69) is 27.6 Å². The minimum atomic E-state index is 0.674. The van der Waals surface area contributed by atoms with E-state index in [-0.39, 0.29) is 0 Å². The molecule has 0 aromatic carbocycles. The van der Waals surface area contributed by atoms with E-state index < -0.39 is 0 Å². The van der Waals surface area contributed by atoms with Crippen LogP contribution in [0.3, 0.4) is 0 Å². The first kappa shape index (κ1) is 10.2. The zero-order valence-corrected chi connectivity index (χ0v) is 10.1. The van der Waals surface area contributed by atoms with Gasteiger partial charge in [-0.25, -0.2) is 4.98 Å². The van der Waals surface area contributed by atoms with Crippen LogP contribution in [0.15, 0.2) is 5.38 Å². The summed E-state index contributed by atoms with van der Waals surface area (Å²) in [6.45, 7) is 2.07. The van der Waals surface area contributed by atoms with Gasteiger partial charge in [0.2, 0.25) is 5.95 Å². The van der Waals surface area contributed by atoms with Crippen molar-refractivity contribution in [2.45, 2.75) is 6.92 Å². The molecule has 5 heteroatoms. The summed E-state index contributed by atoms with van der Waals surface area (Å²) in [5.74, 6) is 1.65. The van der Waals surface area contributed by atoms with Gasteiger partial charge in [-0.3, -0.25) is 0 Å². The maximum Gasteiger partial charge on any atom is 0.225 e. The van der Waals surface area contributed by atoms with E-state index in [1.807, 2.05) is 26.0 Å². The number of nitrogens with one attached hydrogen (secondary N) is 1. The number of aryl methyl sites for hydroxylation is 1. The van der Waals surface area contributed by atoms with Gasteiger partial charge < -0.3 is 10.2 Å². The molecule has 0 saturated carbocycles. The number of hydrogen-bond acceptors (Lipinski definition) is 5. The largest absolute Gasteiger partial charge is 0.361 e. The van der Waals surface area contributed by atoms with Crippen molar-refractivity contribution >= 4 is 33.3 Å².